The molecule has 3 N–H and O–H groups in total. The summed E-state index contributed by atoms with van der Waals surface area (Å²) < 4.78 is 0. The average Bonchev–Trinajstić information content (AvgIpc) is 2.59. The van der Waals surface area contributed by atoms with Crippen LogP contribution in [0.2, 0.25) is 10.0 Å². The Morgan fingerprint density at radius 2 is 1.64 bits per heavy atom. The van der Waals surface area contributed by atoms with Crippen molar-refractivity contribution in [2.45, 2.75) is 0 Å². The van der Waals surface area contributed by atoms with Gasteiger partial charge in [0.05, 0.1) is 10.6 Å². The Kier molecular flexibility index (Phi) is 6.94. The van der Waals surface area contributed by atoms with Crippen LogP contribution in [0.25, 0.3) is 6.08 Å². The molecule has 0 bridgehead atoms. The molecule has 0 saturated heterocycles. The van der Waals surface area contributed by atoms with Crippen molar-refractivity contribution < 1.29 is 9.59 Å². The number of thiocarbonyl (C=S) groups is 1. The zero-order chi connectivity index (χ0) is 18.2. The van der Waals surface area contributed by atoms with Crippen molar-refractivity contribution in [3.05, 3.63) is 75.8 Å². The van der Waals surface area contributed by atoms with Crippen molar-refractivity contribution in [1.29, 1.82) is 0 Å². The number of halogens is 2. The highest BCUT2D eigenvalue weighted by molar-refractivity contribution is 7.80. The van der Waals surface area contributed by atoms with Crippen LogP contribution in [0.1, 0.15) is 15.9 Å². The highest BCUT2D eigenvalue weighted by Crippen LogP contribution is 2.14. The zero-order valence-electron chi connectivity index (χ0n) is 12.8. The maximum atomic E-state index is 11.9. The average molecular weight is 394 g/mol. The standard InChI is InChI=1S/C17H13Cl2N3O2S/c18-12-8-5-11(6-9-12)7-10-15(23)20-17(25)22-21-16(24)13-3-1-2-4-14(13)19/h1-10H,(H,21,24)(H2,20,22,23,25)/b10-7+. The fraction of sp³-hybridized carbons (Fsp3) is 0. The third kappa shape index (κ3) is 6.19. The third-order valence-electron chi connectivity index (χ3n) is 2.94. The molecule has 0 unspecified atom stereocenters. The first-order valence-corrected chi connectivity index (χ1v) is 8.21. The molecular formula is C17H13Cl2N3O2S. The van der Waals surface area contributed by atoms with E-state index in [9.17, 15) is 9.59 Å². The summed E-state index contributed by atoms with van der Waals surface area (Å²) >= 11 is 16.6. The van der Waals surface area contributed by atoms with Gasteiger partial charge in [0.15, 0.2) is 5.11 Å². The summed E-state index contributed by atoms with van der Waals surface area (Å²) in [7, 11) is 0. The number of carbonyl (C=O) groups is 2. The van der Waals surface area contributed by atoms with Gasteiger partial charge >= 0.3 is 0 Å². The molecule has 0 saturated carbocycles. The maximum Gasteiger partial charge on any atom is 0.271 e. The molecule has 0 heterocycles. The van der Waals surface area contributed by atoms with Crippen LogP contribution in [-0.2, 0) is 4.79 Å². The molecule has 2 amide bonds. The van der Waals surface area contributed by atoms with Crippen LogP contribution < -0.4 is 16.2 Å². The summed E-state index contributed by atoms with van der Waals surface area (Å²) in [5, 5.41) is 3.27. The maximum absolute atomic E-state index is 11.9. The van der Waals surface area contributed by atoms with Gasteiger partial charge in [-0.05, 0) is 48.1 Å². The molecule has 0 fully saturated rings. The smallest absolute Gasteiger partial charge is 0.271 e. The summed E-state index contributed by atoms with van der Waals surface area (Å²) in [4.78, 5) is 23.7. The van der Waals surface area contributed by atoms with Gasteiger partial charge in [0.2, 0.25) is 5.91 Å². The second kappa shape index (κ2) is 9.17. The lowest BCUT2D eigenvalue weighted by Crippen LogP contribution is -2.48. The van der Waals surface area contributed by atoms with Gasteiger partial charge in [-0.2, -0.15) is 0 Å². The Bertz CT molecular complexity index is 823. The molecular weight excluding hydrogens is 381 g/mol. The molecule has 2 aromatic rings. The number of benzene rings is 2. The number of nitrogens with one attached hydrogen (secondary N) is 3. The fourth-order valence-electron chi connectivity index (χ4n) is 1.76. The molecule has 5 nitrogen and oxygen atoms in total. The summed E-state index contributed by atoms with van der Waals surface area (Å²) in [6.07, 6.45) is 2.92. The van der Waals surface area contributed by atoms with Crippen LogP contribution in [0.4, 0.5) is 0 Å². The van der Waals surface area contributed by atoms with Crippen molar-refractivity contribution in [1.82, 2.24) is 16.2 Å². The first-order chi connectivity index (χ1) is 12.0. The number of carbonyl (C=O) groups excluding carboxylic acids is 2. The Morgan fingerprint density at radius 3 is 2.32 bits per heavy atom. The SMILES string of the molecule is O=C(/C=C/c1ccc(Cl)cc1)NC(=S)NNC(=O)c1ccccc1Cl. The third-order valence-corrected chi connectivity index (χ3v) is 3.73. The Labute approximate surface area is 160 Å². The Hall–Kier alpha value is -2.41. The second-order valence-corrected chi connectivity index (χ2v) is 6.01. The number of amides is 2. The summed E-state index contributed by atoms with van der Waals surface area (Å²) in [6.45, 7) is 0. The summed E-state index contributed by atoms with van der Waals surface area (Å²) in [5.41, 5.74) is 5.89. The number of rotatable bonds is 3. The van der Waals surface area contributed by atoms with E-state index >= 15 is 0 Å². The summed E-state index contributed by atoms with van der Waals surface area (Å²) in [6, 6.07) is 13.5. The molecule has 0 aromatic heterocycles. The van der Waals surface area contributed by atoms with E-state index in [1.165, 1.54) is 6.08 Å². The van der Waals surface area contributed by atoms with Gasteiger partial charge in [0.25, 0.3) is 5.91 Å². The van der Waals surface area contributed by atoms with Crippen LogP contribution in [0.5, 0.6) is 0 Å². The molecule has 0 spiro atoms. The highest BCUT2D eigenvalue weighted by atomic mass is 35.5. The number of hydrazine groups is 1. The quantitative estimate of drug-likeness (QED) is 0.424. The van der Waals surface area contributed by atoms with E-state index in [-0.39, 0.29) is 10.7 Å². The zero-order valence-corrected chi connectivity index (χ0v) is 15.1. The first kappa shape index (κ1) is 18.9. The largest absolute Gasteiger partial charge is 0.298 e. The molecule has 2 aromatic carbocycles. The highest BCUT2D eigenvalue weighted by Gasteiger charge is 2.09. The van der Waals surface area contributed by atoms with E-state index in [4.69, 9.17) is 35.4 Å². The van der Waals surface area contributed by atoms with E-state index in [1.807, 2.05) is 0 Å². The van der Waals surface area contributed by atoms with Crippen LogP contribution in [0.15, 0.2) is 54.6 Å². The van der Waals surface area contributed by atoms with E-state index < -0.39 is 11.8 Å². The fourth-order valence-corrected chi connectivity index (χ4v) is 2.26. The minimum atomic E-state index is -0.473. The normalized spacial score (nSPS) is 10.3. The topological polar surface area (TPSA) is 70.2 Å². The lowest BCUT2D eigenvalue weighted by Gasteiger charge is -2.10. The van der Waals surface area contributed by atoms with Gasteiger partial charge < -0.3 is 0 Å². The van der Waals surface area contributed by atoms with Crippen molar-refractivity contribution in [2.75, 3.05) is 0 Å². The van der Waals surface area contributed by atoms with Gasteiger partial charge in [-0.1, -0.05) is 47.5 Å². The van der Waals surface area contributed by atoms with Crippen LogP contribution in [0.3, 0.4) is 0 Å². The molecule has 128 valence electrons. The molecule has 0 aliphatic rings. The van der Waals surface area contributed by atoms with Crippen LogP contribution in [-0.4, -0.2) is 16.9 Å². The summed E-state index contributed by atoms with van der Waals surface area (Å²) in [5.74, 6) is -0.918. The Balaban J connectivity index is 1.81. The molecule has 0 aliphatic heterocycles. The second-order valence-electron chi connectivity index (χ2n) is 4.76. The lowest BCUT2D eigenvalue weighted by molar-refractivity contribution is -0.115. The monoisotopic (exact) mass is 393 g/mol. The van der Waals surface area contributed by atoms with E-state index in [0.717, 1.165) is 5.56 Å². The predicted octanol–water partition coefficient (Wildman–Crippen LogP) is 3.34. The van der Waals surface area contributed by atoms with Crippen LogP contribution in [0, 0.1) is 0 Å². The molecule has 25 heavy (non-hydrogen) atoms. The van der Waals surface area contributed by atoms with Gasteiger partial charge in [-0.3, -0.25) is 25.8 Å². The number of hydrogen-bond donors (Lipinski definition) is 3. The first-order valence-electron chi connectivity index (χ1n) is 7.05. The van der Waals surface area contributed by atoms with Crippen molar-refractivity contribution in [3.63, 3.8) is 0 Å². The van der Waals surface area contributed by atoms with Gasteiger partial charge in [0.1, 0.15) is 0 Å². The van der Waals surface area contributed by atoms with Gasteiger partial charge in [-0.25, -0.2) is 0 Å². The minimum absolute atomic E-state index is 0.0499. The van der Waals surface area contributed by atoms with Crippen molar-refractivity contribution in [3.8, 4) is 0 Å². The van der Waals surface area contributed by atoms with E-state index in [2.05, 4.69) is 16.2 Å². The molecule has 8 heteroatoms. The lowest BCUT2D eigenvalue weighted by atomic mass is 10.2. The number of hydrogen-bond acceptors (Lipinski definition) is 3. The predicted molar refractivity (Wildman–Crippen MR) is 103 cm³/mol. The Morgan fingerprint density at radius 1 is 0.960 bits per heavy atom. The minimum Gasteiger partial charge on any atom is -0.298 e. The van der Waals surface area contributed by atoms with Crippen molar-refractivity contribution >= 4 is 58.4 Å². The van der Waals surface area contributed by atoms with Crippen molar-refractivity contribution in [2.24, 2.45) is 0 Å². The molecule has 0 radical (unpaired) electrons. The molecule has 0 atom stereocenters. The van der Waals surface area contributed by atoms with Crippen LogP contribution >= 0.6 is 35.4 Å². The van der Waals surface area contributed by atoms with Gasteiger partial charge in [-0.15, -0.1) is 0 Å². The van der Waals surface area contributed by atoms with E-state index in [1.54, 1.807) is 54.6 Å². The van der Waals surface area contributed by atoms with E-state index in [0.29, 0.717) is 10.0 Å². The van der Waals surface area contributed by atoms with Gasteiger partial charge in [0, 0.05) is 11.1 Å². The molecule has 0 aliphatic carbocycles. The molecule has 2 rings (SSSR count).